The lowest BCUT2D eigenvalue weighted by Gasteiger charge is -2.16. The average molecular weight is 609 g/mol. The van der Waals surface area contributed by atoms with Gasteiger partial charge >= 0.3 is 0 Å². The zero-order valence-corrected chi connectivity index (χ0v) is 25.3. The first-order chi connectivity index (χ1) is 19.7. The lowest BCUT2D eigenvalue weighted by molar-refractivity contribution is -0.400. The predicted octanol–water partition coefficient (Wildman–Crippen LogP) is 4.47. The van der Waals surface area contributed by atoms with Crippen molar-refractivity contribution in [2.75, 3.05) is 26.2 Å². The van der Waals surface area contributed by atoms with Gasteiger partial charge in [0.05, 0.1) is 28.0 Å². The molecule has 4 aromatic rings. The lowest BCUT2D eigenvalue weighted by Crippen LogP contribution is -2.30. The molecule has 0 radical (unpaired) electrons. The number of hydrogen-bond donors (Lipinski definition) is 0. The Bertz CT molecular complexity index is 1850. The van der Waals surface area contributed by atoms with Gasteiger partial charge in [-0.2, -0.15) is 9.68 Å². The van der Waals surface area contributed by atoms with E-state index < -0.39 is 30.0 Å². The fourth-order valence-corrected chi connectivity index (χ4v) is 6.31. The number of rotatable bonds is 6. The van der Waals surface area contributed by atoms with Gasteiger partial charge in [-0.1, -0.05) is 42.5 Å². The van der Waals surface area contributed by atoms with Crippen LogP contribution in [0.2, 0.25) is 0 Å². The molecule has 1 aliphatic heterocycles. The van der Waals surface area contributed by atoms with E-state index in [2.05, 4.69) is 54.8 Å². The van der Waals surface area contributed by atoms with E-state index in [1.807, 2.05) is 42.5 Å². The maximum absolute atomic E-state index is 11.0. The monoisotopic (exact) mass is 608 g/mol. The maximum Gasteiger partial charge on any atom is 0.212 e. The van der Waals surface area contributed by atoms with Crippen molar-refractivity contribution in [3.8, 4) is 5.75 Å². The highest BCUT2D eigenvalue weighted by molar-refractivity contribution is 7.86. The lowest BCUT2D eigenvalue weighted by atomic mass is 9.82. The van der Waals surface area contributed by atoms with Crippen LogP contribution >= 0.6 is 0 Å². The van der Waals surface area contributed by atoms with Gasteiger partial charge in [-0.05, 0) is 50.2 Å². The molecular weight excluding hydrogens is 578 g/mol. The van der Waals surface area contributed by atoms with Crippen molar-refractivity contribution in [1.29, 1.82) is 0 Å². The van der Waals surface area contributed by atoms with Crippen LogP contribution in [0, 0.1) is 0 Å². The second-order valence-corrected chi connectivity index (χ2v) is 12.8. The molecule has 0 fully saturated rings. The van der Waals surface area contributed by atoms with Crippen LogP contribution in [0.4, 0.5) is 11.4 Å². The highest BCUT2D eigenvalue weighted by Gasteiger charge is 2.43. The number of hydrogen-bond acceptors (Lipinski definition) is 9. The Morgan fingerprint density at radius 3 is 1.81 bits per heavy atom. The van der Waals surface area contributed by atoms with E-state index in [9.17, 15) is 25.9 Å². The summed E-state index contributed by atoms with van der Waals surface area (Å²) in [5.41, 5.74) is 4.72. The molecule has 0 saturated carbocycles. The van der Waals surface area contributed by atoms with Crippen molar-refractivity contribution in [3.63, 3.8) is 0 Å². The van der Waals surface area contributed by atoms with Gasteiger partial charge in [0.25, 0.3) is 0 Å². The molecule has 0 amide bonds. The first kappa shape index (κ1) is 30.8. The van der Waals surface area contributed by atoms with Gasteiger partial charge in [-0.25, -0.2) is 16.8 Å². The van der Waals surface area contributed by atoms with Crippen LogP contribution < -0.4 is 9.75 Å². The van der Waals surface area contributed by atoms with Crippen LogP contribution in [-0.4, -0.2) is 63.6 Å². The Balaban J connectivity index is 0.000000201. The second kappa shape index (κ2) is 11.6. The second-order valence-electron chi connectivity index (χ2n) is 10.1. The van der Waals surface area contributed by atoms with Crippen LogP contribution in [-0.2, 0) is 25.7 Å². The summed E-state index contributed by atoms with van der Waals surface area (Å²) in [5.74, 6) is 0.845. The van der Waals surface area contributed by atoms with E-state index >= 15 is 0 Å². The minimum absolute atomic E-state index is 0.0599. The summed E-state index contributed by atoms with van der Waals surface area (Å²) in [7, 11) is -3.76. The predicted molar refractivity (Wildman–Crippen MR) is 160 cm³/mol. The van der Waals surface area contributed by atoms with Crippen molar-refractivity contribution < 1.29 is 35.3 Å². The van der Waals surface area contributed by atoms with Crippen molar-refractivity contribution in [2.24, 2.45) is 5.10 Å². The zero-order valence-electron chi connectivity index (χ0n) is 23.7. The maximum atomic E-state index is 11.0. The average Bonchev–Trinajstić information content (AvgIpc) is 3.14. The van der Waals surface area contributed by atoms with Crippen LogP contribution in [0.1, 0.15) is 19.4 Å². The number of anilines is 1. The zero-order chi connectivity index (χ0) is 30.9. The molecule has 0 bridgehead atoms. The van der Waals surface area contributed by atoms with E-state index in [1.165, 1.54) is 41.2 Å². The Hall–Kier alpha value is -4.10. The number of para-hydroxylation sites is 1. The molecule has 0 aromatic heterocycles. The first-order valence-corrected chi connectivity index (χ1v) is 15.5. The van der Waals surface area contributed by atoms with E-state index in [1.54, 1.807) is 7.11 Å². The summed E-state index contributed by atoms with van der Waals surface area (Å²) in [6.07, 6.45) is 1.96. The van der Waals surface area contributed by atoms with Crippen molar-refractivity contribution >= 4 is 54.3 Å². The van der Waals surface area contributed by atoms with Gasteiger partial charge in [-0.3, -0.25) is 5.01 Å². The van der Waals surface area contributed by atoms with E-state index in [-0.39, 0.29) is 16.2 Å². The Morgan fingerprint density at radius 2 is 1.33 bits per heavy atom. The van der Waals surface area contributed by atoms with E-state index in [0.29, 0.717) is 0 Å². The standard InChI is InChI=1S/C20H24N3O.C10H8O6S2/c1-20(2)17-8-6-7-9-18(17)22(3)19(20)14-21-23(4)15-10-12-16(24-5)13-11-15;11-17(12,13)9-5-1-3-7-8(9)4-2-6-10(7)18(14,15)16/h6-14H,1-5H3;1-6H,(H,11,12,13)(H,14,15,16)/q+1;/p-2. The number of fused-ring (bicyclic) bond motifs is 2. The molecule has 0 saturated heterocycles. The molecule has 0 atom stereocenters. The molecule has 42 heavy (non-hydrogen) atoms. The van der Waals surface area contributed by atoms with Gasteiger partial charge in [0.2, 0.25) is 11.4 Å². The largest absolute Gasteiger partial charge is 0.744 e. The Kier molecular flexibility index (Phi) is 8.55. The third kappa shape index (κ3) is 6.21. The molecule has 0 aliphatic carbocycles. The fourth-order valence-electron chi connectivity index (χ4n) is 4.92. The van der Waals surface area contributed by atoms with Crippen molar-refractivity contribution in [3.05, 3.63) is 90.5 Å². The van der Waals surface area contributed by atoms with Gasteiger partial charge in [0.1, 0.15) is 39.2 Å². The number of ether oxygens (including phenoxy) is 1. The fraction of sp³-hybridized carbons (Fsp3) is 0.200. The summed E-state index contributed by atoms with van der Waals surface area (Å²) >= 11 is 0. The summed E-state index contributed by atoms with van der Waals surface area (Å²) in [5, 5.41) is 6.37. The SMILES string of the molecule is COc1ccc(N(C)N=CC2=[N+](C)c3ccccc3C2(C)C)cc1.O=S(=O)([O-])c1cccc2c(S(=O)(=O)[O-])cccc12. The minimum Gasteiger partial charge on any atom is -0.744 e. The topological polar surface area (TPSA) is 142 Å². The van der Waals surface area contributed by atoms with Crippen molar-refractivity contribution in [2.45, 2.75) is 29.1 Å². The van der Waals surface area contributed by atoms with Crippen LogP contribution in [0.15, 0.2) is 99.8 Å². The molecule has 10 nitrogen and oxygen atoms in total. The number of hydrazone groups is 1. The molecule has 1 heterocycles. The smallest absolute Gasteiger partial charge is 0.212 e. The summed E-state index contributed by atoms with van der Waals surface area (Å²) < 4.78 is 73.6. The summed E-state index contributed by atoms with van der Waals surface area (Å²) in [6.45, 7) is 4.48. The summed E-state index contributed by atoms with van der Waals surface area (Å²) in [4.78, 5) is -1.10. The van der Waals surface area contributed by atoms with Gasteiger partial charge < -0.3 is 13.8 Å². The normalized spacial score (nSPS) is 14.5. The quantitative estimate of drug-likeness (QED) is 0.135. The third-order valence-corrected chi connectivity index (χ3v) is 8.91. The van der Waals surface area contributed by atoms with Crippen LogP contribution in [0.3, 0.4) is 0 Å². The molecule has 0 unspecified atom stereocenters. The minimum atomic E-state index is -4.74. The molecular formula is C30H30N3O7S2-. The highest BCUT2D eigenvalue weighted by Crippen LogP contribution is 2.38. The van der Waals surface area contributed by atoms with Gasteiger partial charge in [0.15, 0.2) is 0 Å². The molecule has 1 aliphatic rings. The number of benzene rings is 4. The first-order valence-electron chi connectivity index (χ1n) is 12.7. The molecule has 0 N–H and O–H groups in total. The Morgan fingerprint density at radius 1 is 0.810 bits per heavy atom. The number of nitrogens with zero attached hydrogens (tertiary/aromatic N) is 3. The third-order valence-electron chi connectivity index (χ3n) is 7.12. The van der Waals surface area contributed by atoms with Gasteiger partial charge in [-0.15, -0.1) is 0 Å². The molecule has 5 rings (SSSR count). The highest BCUT2D eigenvalue weighted by atomic mass is 32.2. The molecule has 0 spiro atoms. The van der Waals surface area contributed by atoms with Crippen LogP contribution in [0.25, 0.3) is 10.8 Å². The van der Waals surface area contributed by atoms with E-state index in [0.717, 1.165) is 23.6 Å². The van der Waals surface area contributed by atoms with Crippen LogP contribution in [0.5, 0.6) is 5.75 Å². The van der Waals surface area contributed by atoms with Gasteiger partial charge in [0, 0.05) is 29.4 Å². The molecule has 220 valence electrons. The molecule has 12 heteroatoms. The summed E-state index contributed by atoms with van der Waals surface area (Å²) in [6, 6.07) is 23.5. The van der Waals surface area contributed by atoms with E-state index in [4.69, 9.17) is 4.74 Å². The Labute approximate surface area is 245 Å². The molecule has 4 aromatic carbocycles. The number of methoxy groups -OCH3 is 1. The van der Waals surface area contributed by atoms with Crippen molar-refractivity contribution in [1.82, 2.24) is 0 Å².